The van der Waals surface area contributed by atoms with E-state index in [-0.39, 0.29) is 0 Å². The third-order valence-electron chi connectivity index (χ3n) is 2.19. The van der Waals surface area contributed by atoms with Crippen LogP contribution < -0.4 is 5.32 Å². The van der Waals surface area contributed by atoms with Gasteiger partial charge < -0.3 is 5.32 Å². The van der Waals surface area contributed by atoms with Gasteiger partial charge in [-0.1, -0.05) is 0 Å². The van der Waals surface area contributed by atoms with Crippen LogP contribution in [0.2, 0.25) is 0 Å². The number of nitriles is 1. The number of nitrogens with one attached hydrogen (secondary N) is 1. The van der Waals surface area contributed by atoms with Gasteiger partial charge in [-0.3, -0.25) is 0 Å². The highest BCUT2D eigenvalue weighted by molar-refractivity contribution is 7.99. The van der Waals surface area contributed by atoms with E-state index in [1.165, 1.54) is 19.3 Å². The van der Waals surface area contributed by atoms with Gasteiger partial charge in [-0.2, -0.15) is 17.0 Å². The molecule has 0 saturated heterocycles. The summed E-state index contributed by atoms with van der Waals surface area (Å²) in [5, 5.41) is 12.4. The van der Waals surface area contributed by atoms with Crippen LogP contribution in [0.1, 0.15) is 19.3 Å². The number of rotatable bonds is 3. The van der Waals surface area contributed by atoms with Gasteiger partial charge in [-0.05, 0) is 25.5 Å². The largest absolute Gasteiger partial charge is 0.302 e. The number of nitrogens with zero attached hydrogens (tertiary/aromatic N) is 1. The summed E-state index contributed by atoms with van der Waals surface area (Å²) in [6.07, 6.45) is 5.96. The summed E-state index contributed by atoms with van der Waals surface area (Å²) in [5.41, 5.74) is 0. The molecule has 2 unspecified atom stereocenters. The van der Waals surface area contributed by atoms with Crippen molar-refractivity contribution in [3.05, 3.63) is 0 Å². The van der Waals surface area contributed by atoms with Crippen molar-refractivity contribution in [2.45, 2.75) is 30.6 Å². The van der Waals surface area contributed by atoms with E-state index in [0.29, 0.717) is 12.6 Å². The van der Waals surface area contributed by atoms with Gasteiger partial charge in [-0.15, -0.1) is 0 Å². The maximum absolute atomic E-state index is 8.33. The smallest absolute Gasteiger partial charge is 0.0843 e. The molecule has 1 N–H and O–H groups in total. The average Bonchev–Trinajstić information content (AvgIpc) is 2.48. The Kier molecular flexibility index (Phi) is 3.74. The molecule has 0 aromatic carbocycles. The molecule has 2 nitrogen and oxygen atoms in total. The first-order chi connectivity index (χ1) is 5.36. The van der Waals surface area contributed by atoms with Crippen LogP contribution in [0.4, 0.5) is 0 Å². The first-order valence-corrected chi connectivity index (χ1v) is 5.28. The van der Waals surface area contributed by atoms with Crippen LogP contribution in [0.15, 0.2) is 0 Å². The second-order valence-electron chi connectivity index (χ2n) is 2.91. The third kappa shape index (κ3) is 2.72. The van der Waals surface area contributed by atoms with Gasteiger partial charge in [0.2, 0.25) is 0 Å². The summed E-state index contributed by atoms with van der Waals surface area (Å²) >= 11 is 1.95. The first kappa shape index (κ1) is 8.89. The van der Waals surface area contributed by atoms with E-state index in [0.717, 1.165) is 5.25 Å². The summed E-state index contributed by atoms with van der Waals surface area (Å²) in [7, 11) is 0. The molecule has 0 aromatic rings. The lowest BCUT2D eigenvalue weighted by Gasteiger charge is -2.08. The molecule has 0 radical (unpaired) electrons. The minimum absolute atomic E-state index is 0.506. The molecule has 1 rings (SSSR count). The third-order valence-corrected chi connectivity index (χ3v) is 3.28. The van der Waals surface area contributed by atoms with Gasteiger partial charge in [0.1, 0.15) is 0 Å². The lowest BCUT2D eigenvalue weighted by Crippen LogP contribution is -2.26. The van der Waals surface area contributed by atoms with Gasteiger partial charge in [0.25, 0.3) is 0 Å². The lowest BCUT2D eigenvalue weighted by molar-refractivity contribution is 0.560. The minimum Gasteiger partial charge on any atom is -0.302 e. The van der Waals surface area contributed by atoms with Crippen LogP contribution >= 0.6 is 11.8 Å². The molecule has 2 atom stereocenters. The van der Waals surface area contributed by atoms with Crippen LogP contribution in [-0.4, -0.2) is 24.1 Å². The minimum atomic E-state index is 0.506. The summed E-state index contributed by atoms with van der Waals surface area (Å²) in [6, 6.07) is 2.71. The van der Waals surface area contributed by atoms with E-state index in [9.17, 15) is 0 Å². The molecule has 0 spiro atoms. The highest BCUT2D eigenvalue weighted by atomic mass is 32.2. The molecular formula is C8H14N2S. The molecule has 0 amide bonds. The Bertz CT molecular complexity index is 153. The van der Waals surface area contributed by atoms with Crippen molar-refractivity contribution in [2.24, 2.45) is 0 Å². The van der Waals surface area contributed by atoms with Gasteiger partial charge in [0, 0.05) is 11.3 Å². The Morgan fingerprint density at radius 1 is 1.64 bits per heavy atom. The van der Waals surface area contributed by atoms with E-state index in [1.54, 1.807) is 0 Å². The zero-order valence-corrected chi connectivity index (χ0v) is 7.66. The van der Waals surface area contributed by atoms with Gasteiger partial charge >= 0.3 is 0 Å². The van der Waals surface area contributed by atoms with Crippen molar-refractivity contribution in [1.82, 2.24) is 5.32 Å². The Morgan fingerprint density at radius 3 is 3.00 bits per heavy atom. The van der Waals surface area contributed by atoms with Crippen molar-refractivity contribution < 1.29 is 0 Å². The maximum Gasteiger partial charge on any atom is 0.0843 e. The molecule has 1 aliphatic carbocycles. The van der Waals surface area contributed by atoms with Gasteiger partial charge in [0.15, 0.2) is 0 Å². The molecule has 0 bridgehead atoms. The van der Waals surface area contributed by atoms with Crippen LogP contribution in [0, 0.1) is 11.3 Å². The van der Waals surface area contributed by atoms with Crippen LogP contribution in [0.3, 0.4) is 0 Å². The van der Waals surface area contributed by atoms with Gasteiger partial charge in [-0.25, -0.2) is 0 Å². The monoisotopic (exact) mass is 170 g/mol. The fraction of sp³-hybridized carbons (Fsp3) is 0.875. The molecule has 62 valence electrons. The average molecular weight is 170 g/mol. The van der Waals surface area contributed by atoms with Crippen molar-refractivity contribution >= 4 is 11.8 Å². The predicted molar refractivity (Wildman–Crippen MR) is 48.6 cm³/mol. The number of thioether (sulfide) groups is 1. The second kappa shape index (κ2) is 4.63. The molecule has 1 aliphatic rings. The van der Waals surface area contributed by atoms with Crippen molar-refractivity contribution in [1.29, 1.82) is 5.26 Å². The molecule has 0 aliphatic heterocycles. The SMILES string of the molecule is CSC1CCC(NCC#N)C1. The van der Waals surface area contributed by atoms with E-state index in [2.05, 4.69) is 17.6 Å². The Labute approximate surface area is 72.4 Å². The Balaban J connectivity index is 2.15. The molecule has 11 heavy (non-hydrogen) atoms. The lowest BCUT2D eigenvalue weighted by atomic mass is 10.2. The van der Waals surface area contributed by atoms with E-state index in [4.69, 9.17) is 5.26 Å². The van der Waals surface area contributed by atoms with Crippen LogP contribution in [0.5, 0.6) is 0 Å². The van der Waals surface area contributed by atoms with Crippen LogP contribution in [-0.2, 0) is 0 Å². The summed E-state index contributed by atoms with van der Waals surface area (Å²) in [6.45, 7) is 0.506. The zero-order valence-electron chi connectivity index (χ0n) is 6.84. The van der Waals surface area contributed by atoms with E-state index < -0.39 is 0 Å². The number of hydrogen-bond donors (Lipinski definition) is 1. The van der Waals surface area contributed by atoms with Crippen molar-refractivity contribution in [2.75, 3.05) is 12.8 Å². The molecule has 0 aromatic heterocycles. The summed E-state index contributed by atoms with van der Waals surface area (Å²) < 4.78 is 0. The van der Waals surface area contributed by atoms with E-state index >= 15 is 0 Å². The Hall–Kier alpha value is -0.200. The zero-order chi connectivity index (χ0) is 8.10. The van der Waals surface area contributed by atoms with Crippen LogP contribution in [0.25, 0.3) is 0 Å². The molecular weight excluding hydrogens is 156 g/mol. The van der Waals surface area contributed by atoms with Crippen molar-refractivity contribution in [3.63, 3.8) is 0 Å². The Morgan fingerprint density at radius 2 is 2.45 bits per heavy atom. The normalized spacial score (nSPS) is 30.2. The standard InChI is InChI=1S/C8H14N2S/c1-11-8-3-2-7(6-8)10-5-4-9/h7-8,10H,2-3,5-6H2,1H3. The highest BCUT2D eigenvalue weighted by Gasteiger charge is 2.22. The quantitative estimate of drug-likeness (QED) is 0.650. The van der Waals surface area contributed by atoms with Gasteiger partial charge in [0.05, 0.1) is 12.6 Å². The van der Waals surface area contributed by atoms with Crippen molar-refractivity contribution in [3.8, 4) is 6.07 Å². The summed E-state index contributed by atoms with van der Waals surface area (Å²) in [4.78, 5) is 0. The molecule has 0 heterocycles. The number of hydrogen-bond acceptors (Lipinski definition) is 3. The highest BCUT2D eigenvalue weighted by Crippen LogP contribution is 2.27. The predicted octanol–water partition coefficient (Wildman–Crippen LogP) is 1.38. The first-order valence-electron chi connectivity index (χ1n) is 4.00. The molecule has 1 saturated carbocycles. The fourth-order valence-corrected chi connectivity index (χ4v) is 2.33. The fourth-order valence-electron chi connectivity index (χ4n) is 1.53. The second-order valence-corrected chi connectivity index (χ2v) is 4.04. The molecule has 1 fully saturated rings. The maximum atomic E-state index is 8.33. The summed E-state index contributed by atoms with van der Waals surface area (Å²) in [5.74, 6) is 0. The topological polar surface area (TPSA) is 35.8 Å². The van der Waals surface area contributed by atoms with E-state index in [1.807, 2.05) is 11.8 Å². The molecule has 3 heteroatoms.